The van der Waals surface area contributed by atoms with Crippen LogP contribution in [0.5, 0.6) is 0 Å². The molecule has 132 valence electrons. The van der Waals surface area contributed by atoms with Crippen molar-refractivity contribution in [2.24, 2.45) is 0 Å². The molecule has 2 aromatic carbocycles. The van der Waals surface area contributed by atoms with Gasteiger partial charge < -0.3 is 15.5 Å². The van der Waals surface area contributed by atoms with E-state index in [1.807, 2.05) is 30.3 Å². The zero-order chi connectivity index (χ0) is 18.1. The van der Waals surface area contributed by atoms with Gasteiger partial charge in [0.15, 0.2) is 0 Å². The zero-order valence-corrected chi connectivity index (χ0v) is 14.8. The molecule has 0 aromatic heterocycles. The third-order valence-electron chi connectivity index (χ3n) is 3.88. The van der Waals surface area contributed by atoms with Crippen LogP contribution >= 0.6 is 0 Å². The molecule has 0 heterocycles. The summed E-state index contributed by atoms with van der Waals surface area (Å²) < 4.78 is 0. The van der Waals surface area contributed by atoms with Gasteiger partial charge in [-0.25, -0.2) is 4.79 Å². The number of amides is 3. The molecule has 0 unspecified atom stereocenters. The lowest BCUT2D eigenvalue weighted by atomic mass is 10.1. The van der Waals surface area contributed by atoms with Gasteiger partial charge in [0, 0.05) is 30.5 Å². The van der Waals surface area contributed by atoms with Crippen molar-refractivity contribution in [3.05, 3.63) is 60.2 Å². The zero-order valence-electron chi connectivity index (χ0n) is 14.8. The molecule has 0 saturated heterocycles. The van der Waals surface area contributed by atoms with Gasteiger partial charge in [0.05, 0.1) is 0 Å². The molecule has 0 aliphatic carbocycles. The first-order valence-electron chi connectivity index (χ1n) is 8.60. The molecule has 2 aromatic rings. The first kappa shape index (κ1) is 18.5. The Kier molecular flexibility index (Phi) is 7.01. The summed E-state index contributed by atoms with van der Waals surface area (Å²) in [5, 5.41) is 5.59. The highest BCUT2D eigenvalue weighted by molar-refractivity contribution is 6.06. The summed E-state index contributed by atoms with van der Waals surface area (Å²) in [5.74, 6) is -0.127. The van der Waals surface area contributed by atoms with Gasteiger partial charge in [-0.15, -0.1) is 0 Å². The number of carbonyl (C=O) groups is 2. The van der Waals surface area contributed by atoms with Gasteiger partial charge in [0.25, 0.3) is 5.91 Å². The minimum absolute atomic E-state index is 0.127. The largest absolute Gasteiger partial charge is 0.338 e. The Morgan fingerprint density at radius 3 is 2.48 bits per heavy atom. The number of carbonyl (C=O) groups excluding carboxylic acids is 2. The van der Waals surface area contributed by atoms with Gasteiger partial charge in [-0.1, -0.05) is 44.0 Å². The van der Waals surface area contributed by atoms with Crippen molar-refractivity contribution in [3.63, 3.8) is 0 Å². The topological polar surface area (TPSA) is 61.4 Å². The SMILES string of the molecule is CCCCCNC(=O)Nc1cccc(C(=O)N(C)c2ccccc2)c1. The fourth-order valence-electron chi connectivity index (χ4n) is 2.44. The van der Waals surface area contributed by atoms with E-state index in [1.54, 1.807) is 36.2 Å². The molecule has 0 aliphatic heterocycles. The number of unbranched alkanes of at least 4 members (excludes halogenated alkanes) is 2. The average molecular weight is 339 g/mol. The third-order valence-corrected chi connectivity index (χ3v) is 3.88. The van der Waals surface area contributed by atoms with Gasteiger partial charge in [0.2, 0.25) is 0 Å². The Balaban J connectivity index is 1.98. The molecule has 0 radical (unpaired) electrons. The van der Waals surface area contributed by atoms with Crippen molar-refractivity contribution in [1.82, 2.24) is 5.32 Å². The van der Waals surface area contributed by atoms with E-state index in [0.29, 0.717) is 17.8 Å². The van der Waals surface area contributed by atoms with Crippen LogP contribution < -0.4 is 15.5 Å². The smallest absolute Gasteiger partial charge is 0.319 e. The molecule has 0 fully saturated rings. The molecule has 0 saturated carbocycles. The summed E-state index contributed by atoms with van der Waals surface area (Å²) in [6.45, 7) is 2.77. The lowest BCUT2D eigenvalue weighted by Gasteiger charge is -2.17. The molecule has 5 heteroatoms. The first-order valence-corrected chi connectivity index (χ1v) is 8.60. The summed E-state index contributed by atoms with van der Waals surface area (Å²) in [7, 11) is 1.73. The van der Waals surface area contributed by atoms with E-state index >= 15 is 0 Å². The minimum atomic E-state index is -0.253. The number of para-hydroxylation sites is 1. The Morgan fingerprint density at radius 1 is 1.00 bits per heavy atom. The van der Waals surface area contributed by atoms with Crippen molar-refractivity contribution in [2.75, 3.05) is 23.8 Å². The van der Waals surface area contributed by atoms with Crippen LogP contribution in [0, 0.1) is 0 Å². The van der Waals surface area contributed by atoms with Crippen LogP contribution in [0.3, 0.4) is 0 Å². The fourth-order valence-corrected chi connectivity index (χ4v) is 2.44. The van der Waals surface area contributed by atoms with Crippen molar-refractivity contribution in [1.29, 1.82) is 0 Å². The molecular weight excluding hydrogens is 314 g/mol. The highest BCUT2D eigenvalue weighted by Gasteiger charge is 2.14. The highest BCUT2D eigenvalue weighted by atomic mass is 16.2. The molecule has 0 aliphatic rings. The van der Waals surface area contributed by atoms with E-state index in [-0.39, 0.29) is 11.9 Å². The summed E-state index contributed by atoms with van der Waals surface area (Å²) >= 11 is 0. The maximum atomic E-state index is 12.6. The Bertz CT molecular complexity index is 701. The van der Waals surface area contributed by atoms with Crippen LogP contribution in [0.2, 0.25) is 0 Å². The standard InChI is InChI=1S/C20H25N3O2/c1-3-4-8-14-21-20(25)22-17-11-9-10-16(15-17)19(24)23(2)18-12-6-5-7-13-18/h5-7,9-13,15H,3-4,8,14H2,1-2H3,(H2,21,22,25). The lowest BCUT2D eigenvalue weighted by molar-refractivity contribution is 0.0993. The molecular formula is C20H25N3O2. The Labute approximate surface area is 149 Å². The van der Waals surface area contributed by atoms with Crippen molar-refractivity contribution in [3.8, 4) is 0 Å². The van der Waals surface area contributed by atoms with Crippen LogP contribution in [-0.4, -0.2) is 25.5 Å². The first-order chi connectivity index (χ1) is 12.1. The predicted octanol–water partition coefficient (Wildman–Crippen LogP) is 4.27. The van der Waals surface area contributed by atoms with E-state index in [9.17, 15) is 9.59 Å². The lowest BCUT2D eigenvalue weighted by Crippen LogP contribution is -2.30. The molecule has 0 atom stereocenters. The minimum Gasteiger partial charge on any atom is -0.338 e. The second kappa shape index (κ2) is 9.47. The number of rotatable bonds is 7. The van der Waals surface area contributed by atoms with Gasteiger partial charge in [-0.3, -0.25) is 4.79 Å². The quantitative estimate of drug-likeness (QED) is 0.740. The molecule has 2 rings (SSSR count). The summed E-state index contributed by atoms with van der Waals surface area (Å²) in [5.41, 5.74) is 1.94. The van der Waals surface area contributed by atoms with Crippen molar-refractivity contribution >= 4 is 23.3 Å². The summed E-state index contributed by atoms with van der Waals surface area (Å²) in [6.07, 6.45) is 3.17. The molecule has 5 nitrogen and oxygen atoms in total. The fraction of sp³-hybridized carbons (Fsp3) is 0.300. The molecule has 2 N–H and O–H groups in total. The molecule has 25 heavy (non-hydrogen) atoms. The van der Waals surface area contributed by atoms with Crippen molar-refractivity contribution in [2.45, 2.75) is 26.2 Å². The number of benzene rings is 2. The van der Waals surface area contributed by atoms with Gasteiger partial charge in [0.1, 0.15) is 0 Å². The number of nitrogens with one attached hydrogen (secondary N) is 2. The van der Waals surface area contributed by atoms with Crippen LogP contribution in [0.1, 0.15) is 36.5 Å². The van der Waals surface area contributed by atoms with E-state index < -0.39 is 0 Å². The second-order valence-corrected chi connectivity index (χ2v) is 5.87. The summed E-state index contributed by atoms with van der Waals surface area (Å²) in [6, 6.07) is 16.2. The Morgan fingerprint density at radius 2 is 1.76 bits per heavy atom. The molecule has 3 amide bonds. The van der Waals surface area contributed by atoms with Gasteiger partial charge >= 0.3 is 6.03 Å². The number of hydrogen-bond donors (Lipinski definition) is 2. The van der Waals surface area contributed by atoms with Crippen LogP contribution in [0.25, 0.3) is 0 Å². The molecule has 0 bridgehead atoms. The number of hydrogen-bond acceptors (Lipinski definition) is 2. The van der Waals surface area contributed by atoms with Crippen LogP contribution in [0.15, 0.2) is 54.6 Å². The average Bonchev–Trinajstić information content (AvgIpc) is 2.65. The van der Waals surface area contributed by atoms with E-state index in [1.165, 1.54) is 0 Å². The van der Waals surface area contributed by atoms with E-state index in [4.69, 9.17) is 0 Å². The van der Waals surface area contributed by atoms with Crippen LogP contribution in [-0.2, 0) is 0 Å². The monoisotopic (exact) mass is 339 g/mol. The third kappa shape index (κ3) is 5.64. The molecule has 0 spiro atoms. The second-order valence-electron chi connectivity index (χ2n) is 5.87. The highest BCUT2D eigenvalue weighted by Crippen LogP contribution is 2.17. The van der Waals surface area contributed by atoms with Gasteiger partial charge in [-0.05, 0) is 36.8 Å². The number of anilines is 2. The van der Waals surface area contributed by atoms with E-state index in [0.717, 1.165) is 24.9 Å². The predicted molar refractivity (Wildman–Crippen MR) is 102 cm³/mol. The Hall–Kier alpha value is -2.82. The maximum Gasteiger partial charge on any atom is 0.319 e. The normalized spacial score (nSPS) is 10.2. The number of nitrogens with zero attached hydrogens (tertiary/aromatic N) is 1. The van der Waals surface area contributed by atoms with Gasteiger partial charge in [-0.2, -0.15) is 0 Å². The number of urea groups is 1. The van der Waals surface area contributed by atoms with Crippen LogP contribution in [0.4, 0.5) is 16.2 Å². The maximum absolute atomic E-state index is 12.6. The van der Waals surface area contributed by atoms with E-state index in [2.05, 4.69) is 17.6 Å². The van der Waals surface area contributed by atoms with Crippen molar-refractivity contribution < 1.29 is 9.59 Å². The summed E-state index contributed by atoms with van der Waals surface area (Å²) in [4.78, 5) is 26.1.